The third kappa shape index (κ3) is 10.6. The van der Waals surface area contributed by atoms with E-state index in [0.29, 0.717) is 25.9 Å². The number of hydrogen-bond donors (Lipinski definition) is 5. The van der Waals surface area contributed by atoms with E-state index < -0.39 is 77.5 Å². The SMILES string of the molecule is CO[C@@]1(C)C[C@@H](C)C(=O)[C@H](C)[C@@H](O)[C@@]2(O)C(C)C2OC(=O)[C@H](C)[C@H](O)[C@H](C)[C@H]1OC1C[C@@H](N(C)Cc2ccc(-c3cn(CCCCCC(=O)NO)nn3)cc2)C[C@@H](C)O1. The summed E-state index contributed by atoms with van der Waals surface area (Å²) in [5, 5.41) is 51.5. The number of fused-ring (bicyclic) bond motifs is 1. The number of unbranched alkanes of at least 4 members (excludes halogenated alkanes) is 2. The summed E-state index contributed by atoms with van der Waals surface area (Å²) in [5.74, 6) is -5.21. The van der Waals surface area contributed by atoms with Crippen LogP contribution in [0.4, 0.5) is 0 Å². The van der Waals surface area contributed by atoms with Crippen molar-refractivity contribution in [3.05, 3.63) is 36.0 Å². The van der Waals surface area contributed by atoms with Crippen LogP contribution in [0.25, 0.3) is 11.3 Å². The average molecular weight is 830 g/mol. The number of aliphatic hydroxyl groups excluding tert-OH is 2. The fraction of sp³-hybridized carbons (Fsp3) is 0.744. The second-order valence-corrected chi connectivity index (χ2v) is 17.8. The van der Waals surface area contributed by atoms with Gasteiger partial charge in [-0.1, -0.05) is 63.6 Å². The van der Waals surface area contributed by atoms with Crippen molar-refractivity contribution >= 4 is 17.7 Å². The zero-order valence-corrected chi connectivity index (χ0v) is 36.1. The van der Waals surface area contributed by atoms with Crippen LogP contribution < -0.4 is 5.48 Å². The van der Waals surface area contributed by atoms with E-state index in [1.165, 1.54) is 7.11 Å². The molecular weight excluding hydrogens is 762 g/mol. The molecule has 3 fully saturated rings. The number of ketones is 1. The normalized spacial score (nSPS) is 37.1. The number of rotatable bonds is 13. The Balaban J connectivity index is 1.26. The Labute approximate surface area is 347 Å². The van der Waals surface area contributed by atoms with Crippen LogP contribution in [-0.2, 0) is 46.4 Å². The minimum absolute atomic E-state index is 0.0740. The largest absolute Gasteiger partial charge is 0.458 e. The Morgan fingerprint density at radius 2 is 1.73 bits per heavy atom. The molecule has 2 aromatic rings. The number of aryl methyl sites for hydroxylation is 1. The maximum Gasteiger partial charge on any atom is 0.311 e. The molecule has 0 bridgehead atoms. The summed E-state index contributed by atoms with van der Waals surface area (Å²) in [5.41, 5.74) is 1.57. The van der Waals surface area contributed by atoms with Crippen LogP contribution in [0.1, 0.15) is 99.0 Å². The van der Waals surface area contributed by atoms with Crippen LogP contribution in [0.5, 0.6) is 0 Å². The summed E-state index contributed by atoms with van der Waals surface area (Å²) in [7, 11) is 3.60. The van der Waals surface area contributed by atoms with Crippen molar-refractivity contribution in [1.82, 2.24) is 25.4 Å². The predicted octanol–water partition coefficient (Wildman–Crippen LogP) is 3.66. The van der Waals surface area contributed by atoms with E-state index in [0.717, 1.165) is 36.1 Å². The molecule has 1 saturated carbocycles. The number of carbonyl (C=O) groups is 3. The first kappa shape index (κ1) is 46.7. The van der Waals surface area contributed by atoms with Gasteiger partial charge in [0.2, 0.25) is 5.91 Å². The standard InChI is InChI=1S/C43H67N5O11/c1-24-21-42(7,56-9)39(27(4)37(51)28(5)41(53)59-40-29(6)43(40,54)38(52)26(3)36(24)50)58-35-20-32(19-25(2)57-35)47(8)22-30-14-16-31(17-15-30)33-23-48(46-44-33)18-12-10-11-13-34(49)45-55/h14-17,23-29,32,35,37-40,51-52,54-55H,10-13,18-22H2,1-9H3,(H,45,49)/t24-,25-,26+,27+,28-,29?,32+,35?,37-,38-,39-,40?,42+,43+/m1/s1. The fourth-order valence-electron chi connectivity index (χ4n) is 9.24. The Morgan fingerprint density at radius 1 is 1.03 bits per heavy atom. The van der Waals surface area contributed by atoms with Gasteiger partial charge in [0.1, 0.15) is 23.2 Å². The molecule has 16 heteroatoms. The van der Waals surface area contributed by atoms with Crippen LogP contribution in [0.2, 0.25) is 0 Å². The Morgan fingerprint density at radius 3 is 2.39 bits per heavy atom. The smallest absolute Gasteiger partial charge is 0.311 e. The van der Waals surface area contributed by atoms with Crippen LogP contribution in [-0.4, -0.2) is 126 Å². The number of methoxy groups -OCH3 is 1. The van der Waals surface area contributed by atoms with E-state index in [1.54, 1.807) is 44.8 Å². The number of nitrogens with zero attached hydrogens (tertiary/aromatic N) is 4. The molecule has 3 aliphatic rings. The van der Waals surface area contributed by atoms with E-state index in [4.69, 9.17) is 24.2 Å². The molecule has 2 saturated heterocycles. The first-order valence-corrected chi connectivity index (χ1v) is 21.2. The van der Waals surface area contributed by atoms with Gasteiger partial charge in [0.15, 0.2) is 6.29 Å². The highest BCUT2D eigenvalue weighted by Crippen LogP contribution is 2.51. The molecule has 3 heterocycles. The second-order valence-electron chi connectivity index (χ2n) is 17.8. The number of benzene rings is 1. The molecule has 0 radical (unpaired) electrons. The number of Topliss-reactive ketones (excluding diaryl/α,β-unsaturated/α-hetero) is 1. The van der Waals surface area contributed by atoms with E-state index in [1.807, 2.05) is 32.2 Å². The molecule has 14 atom stereocenters. The molecule has 330 valence electrons. The Kier molecular flexibility index (Phi) is 15.5. The number of aromatic nitrogens is 3. The van der Waals surface area contributed by atoms with E-state index in [-0.39, 0.29) is 36.7 Å². The number of esters is 1. The molecule has 0 spiro atoms. The van der Waals surface area contributed by atoms with Gasteiger partial charge in [0, 0.05) is 68.3 Å². The molecule has 1 aromatic heterocycles. The van der Waals surface area contributed by atoms with E-state index in [2.05, 4.69) is 34.4 Å². The maximum atomic E-state index is 13.8. The summed E-state index contributed by atoms with van der Waals surface area (Å²) in [4.78, 5) is 40.7. The minimum Gasteiger partial charge on any atom is -0.458 e. The Hall–Kier alpha value is -3.35. The lowest BCUT2D eigenvalue weighted by molar-refractivity contribution is -0.271. The molecule has 5 rings (SSSR count). The van der Waals surface area contributed by atoms with Crippen molar-refractivity contribution in [2.75, 3.05) is 14.2 Å². The summed E-state index contributed by atoms with van der Waals surface area (Å²) < 4.78 is 26.9. The molecule has 1 amide bonds. The average Bonchev–Trinajstić information content (AvgIpc) is 3.49. The third-order valence-electron chi connectivity index (χ3n) is 13.3. The molecule has 3 unspecified atom stereocenters. The second kappa shape index (κ2) is 19.6. The molecule has 2 aliphatic heterocycles. The topological polar surface area (TPSA) is 215 Å². The van der Waals surface area contributed by atoms with Crippen LogP contribution in [0, 0.1) is 29.6 Å². The monoisotopic (exact) mass is 829 g/mol. The number of carbonyl (C=O) groups excluding carboxylic acids is 3. The fourth-order valence-corrected chi connectivity index (χ4v) is 9.24. The third-order valence-corrected chi connectivity index (χ3v) is 13.3. The lowest BCUT2D eigenvalue weighted by atomic mass is 9.75. The van der Waals surface area contributed by atoms with E-state index >= 15 is 0 Å². The lowest BCUT2D eigenvalue weighted by Gasteiger charge is -2.46. The molecule has 1 aromatic carbocycles. The number of hydroxylamine groups is 1. The van der Waals surface area contributed by atoms with Crippen molar-refractivity contribution < 1.29 is 53.9 Å². The molecule has 59 heavy (non-hydrogen) atoms. The van der Waals surface area contributed by atoms with Gasteiger partial charge in [-0.15, -0.1) is 5.10 Å². The quantitative estimate of drug-likeness (QED) is 0.0844. The number of aliphatic hydroxyl groups is 3. The summed E-state index contributed by atoms with van der Waals surface area (Å²) >= 11 is 0. The Bertz CT molecular complexity index is 1730. The number of ether oxygens (including phenoxy) is 4. The van der Waals surface area contributed by atoms with Crippen molar-refractivity contribution in [3.8, 4) is 11.3 Å². The predicted molar refractivity (Wildman–Crippen MR) is 215 cm³/mol. The summed E-state index contributed by atoms with van der Waals surface area (Å²) in [6, 6.07) is 8.30. The number of hydrogen-bond acceptors (Lipinski definition) is 14. The lowest BCUT2D eigenvalue weighted by Crippen LogP contribution is -2.56. The van der Waals surface area contributed by atoms with Gasteiger partial charge in [0.05, 0.1) is 42.1 Å². The van der Waals surface area contributed by atoms with Crippen molar-refractivity contribution in [3.63, 3.8) is 0 Å². The van der Waals surface area contributed by atoms with Crippen molar-refractivity contribution in [1.29, 1.82) is 0 Å². The zero-order chi connectivity index (χ0) is 43.4. The van der Waals surface area contributed by atoms with Crippen LogP contribution in [0.15, 0.2) is 30.5 Å². The first-order chi connectivity index (χ1) is 27.8. The van der Waals surface area contributed by atoms with E-state index in [9.17, 15) is 29.7 Å². The van der Waals surface area contributed by atoms with Gasteiger partial charge in [0.25, 0.3) is 0 Å². The van der Waals surface area contributed by atoms with Crippen molar-refractivity contribution in [2.45, 2.75) is 161 Å². The highest BCUT2D eigenvalue weighted by atomic mass is 16.7. The summed E-state index contributed by atoms with van der Waals surface area (Å²) in [6.45, 7) is 13.6. The van der Waals surface area contributed by atoms with Gasteiger partial charge >= 0.3 is 5.97 Å². The molecule has 1 aliphatic carbocycles. The van der Waals surface area contributed by atoms with Gasteiger partial charge < -0.3 is 34.3 Å². The molecule has 5 N–H and O–H groups in total. The highest BCUT2D eigenvalue weighted by Gasteiger charge is 2.70. The van der Waals surface area contributed by atoms with Gasteiger partial charge in [-0.2, -0.15) is 0 Å². The van der Waals surface area contributed by atoms with Crippen LogP contribution >= 0.6 is 0 Å². The van der Waals surface area contributed by atoms with Crippen LogP contribution in [0.3, 0.4) is 0 Å². The van der Waals surface area contributed by atoms with Gasteiger partial charge in [-0.25, -0.2) is 5.48 Å². The molecular formula is C43H67N5O11. The highest BCUT2D eigenvalue weighted by molar-refractivity contribution is 5.84. The van der Waals surface area contributed by atoms with Crippen molar-refractivity contribution in [2.24, 2.45) is 29.6 Å². The van der Waals surface area contributed by atoms with Gasteiger partial charge in [-0.05, 0) is 59.1 Å². The maximum absolute atomic E-state index is 13.8. The van der Waals surface area contributed by atoms with Gasteiger partial charge in [-0.3, -0.25) is 29.2 Å². The number of amides is 1. The minimum atomic E-state index is -1.77. The zero-order valence-electron chi connectivity index (χ0n) is 36.1. The summed E-state index contributed by atoms with van der Waals surface area (Å²) in [6.07, 6.45) is 0.618. The number of nitrogens with one attached hydrogen (secondary N) is 1. The first-order valence-electron chi connectivity index (χ1n) is 21.2. The molecule has 16 nitrogen and oxygen atoms in total.